The molecule has 3 aromatic rings. The van der Waals surface area contributed by atoms with Crippen LogP contribution in [0.1, 0.15) is 22.9 Å². The van der Waals surface area contributed by atoms with E-state index in [1.807, 2.05) is 24.3 Å². The van der Waals surface area contributed by atoms with E-state index in [1.54, 1.807) is 7.05 Å². The minimum atomic E-state index is -1.23. The van der Waals surface area contributed by atoms with Gasteiger partial charge in [0.1, 0.15) is 6.61 Å². The van der Waals surface area contributed by atoms with E-state index < -0.39 is 11.7 Å². The second kappa shape index (κ2) is 6.13. The highest BCUT2D eigenvalue weighted by atomic mass is 16.6. The van der Waals surface area contributed by atoms with Gasteiger partial charge in [-0.05, 0) is 32.7 Å². The maximum atomic E-state index is 12.5. The number of benzene rings is 2. The molecule has 2 aliphatic rings. The third-order valence-electron chi connectivity index (χ3n) is 5.54. The van der Waals surface area contributed by atoms with Gasteiger partial charge in [-0.1, -0.05) is 48.5 Å². The van der Waals surface area contributed by atoms with E-state index in [2.05, 4.69) is 39.8 Å². The van der Waals surface area contributed by atoms with E-state index >= 15 is 0 Å². The highest BCUT2D eigenvalue weighted by molar-refractivity contribution is 5.79. The van der Waals surface area contributed by atoms with E-state index in [0.717, 1.165) is 0 Å². The molecule has 0 unspecified atom stereocenters. The van der Waals surface area contributed by atoms with Crippen LogP contribution >= 0.6 is 0 Å². The van der Waals surface area contributed by atoms with Gasteiger partial charge in [0, 0.05) is 13.0 Å². The van der Waals surface area contributed by atoms with Gasteiger partial charge < -0.3 is 14.7 Å². The van der Waals surface area contributed by atoms with Crippen molar-refractivity contribution in [1.29, 1.82) is 0 Å². The smallest absolute Gasteiger partial charge is 0.410 e. The molecular formula is C20H19N5O3. The number of carbonyl (C=O) groups excluding carboxylic acids is 1. The van der Waals surface area contributed by atoms with E-state index in [1.165, 1.54) is 31.8 Å². The Hall–Kier alpha value is -3.26. The van der Waals surface area contributed by atoms with E-state index in [9.17, 15) is 9.90 Å². The largest absolute Gasteiger partial charge is 0.448 e. The Morgan fingerprint density at radius 2 is 1.75 bits per heavy atom. The van der Waals surface area contributed by atoms with E-state index in [0.29, 0.717) is 5.82 Å². The summed E-state index contributed by atoms with van der Waals surface area (Å²) in [6.07, 6.45) is -0.443. The number of nitrogens with zero attached hydrogens (tertiary/aromatic N) is 5. The molecule has 0 spiro atoms. The number of hydrogen-bond donors (Lipinski definition) is 1. The number of hydrogen-bond acceptors (Lipinski definition) is 6. The van der Waals surface area contributed by atoms with Crippen molar-refractivity contribution in [1.82, 2.24) is 25.1 Å². The maximum Gasteiger partial charge on any atom is 0.410 e. The van der Waals surface area contributed by atoms with Crippen LogP contribution in [0.25, 0.3) is 11.1 Å². The molecule has 142 valence electrons. The lowest BCUT2D eigenvalue weighted by molar-refractivity contribution is -0.102. The van der Waals surface area contributed by atoms with Gasteiger partial charge in [0.25, 0.3) is 0 Å². The lowest BCUT2D eigenvalue weighted by Gasteiger charge is -2.44. The summed E-state index contributed by atoms with van der Waals surface area (Å²) < 4.78 is 7.01. The van der Waals surface area contributed by atoms with E-state index in [4.69, 9.17) is 4.74 Å². The van der Waals surface area contributed by atoms with Crippen molar-refractivity contribution in [2.45, 2.75) is 11.5 Å². The Bertz CT molecular complexity index is 1010. The average Bonchev–Trinajstić information content (AvgIpc) is 3.25. The molecule has 2 heterocycles. The van der Waals surface area contributed by atoms with Crippen molar-refractivity contribution >= 4 is 6.09 Å². The first-order valence-corrected chi connectivity index (χ1v) is 9.12. The Morgan fingerprint density at radius 1 is 1.14 bits per heavy atom. The minimum absolute atomic E-state index is 0.0134. The molecule has 0 atom stereocenters. The number of amides is 1. The van der Waals surface area contributed by atoms with Crippen LogP contribution in [0.15, 0.2) is 48.5 Å². The van der Waals surface area contributed by atoms with Gasteiger partial charge in [-0.3, -0.25) is 0 Å². The molecule has 1 N–H and O–H groups in total. The van der Waals surface area contributed by atoms with Crippen molar-refractivity contribution in [2.75, 3.05) is 19.7 Å². The first-order chi connectivity index (χ1) is 13.6. The highest BCUT2D eigenvalue weighted by Crippen LogP contribution is 2.44. The molecule has 0 saturated carbocycles. The molecule has 1 aromatic heterocycles. The van der Waals surface area contributed by atoms with Crippen molar-refractivity contribution < 1.29 is 14.6 Å². The topological polar surface area (TPSA) is 93.4 Å². The molecule has 5 rings (SSSR count). The number of aryl methyl sites for hydroxylation is 1. The Balaban J connectivity index is 1.28. The van der Waals surface area contributed by atoms with Crippen LogP contribution in [0, 0.1) is 0 Å². The maximum absolute atomic E-state index is 12.5. The van der Waals surface area contributed by atoms with Crippen LogP contribution < -0.4 is 0 Å². The number of β-amino-alcohol motifs (C(OH)–C–C–N with tert-alkyl or cyclic N) is 1. The summed E-state index contributed by atoms with van der Waals surface area (Å²) in [5.41, 5.74) is 3.48. The lowest BCUT2D eigenvalue weighted by Crippen LogP contribution is -2.62. The van der Waals surface area contributed by atoms with Gasteiger partial charge in [0.05, 0.1) is 13.1 Å². The molecule has 1 amide bonds. The molecule has 1 aliphatic heterocycles. The fraction of sp³-hybridized carbons (Fsp3) is 0.300. The highest BCUT2D eigenvalue weighted by Gasteiger charge is 2.49. The lowest BCUT2D eigenvalue weighted by atomic mass is 9.94. The molecule has 2 aromatic carbocycles. The zero-order chi connectivity index (χ0) is 19.3. The van der Waals surface area contributed by atoms with Crippen LogP contribution in [0.5, 0.6) is 0 Å². The molecule has 8 heteroatoms. The molecule has 1 fully saturated rings. The monoisotopic (exact) mass is 377 g/mol. The average molecular weight is 377 g/mol. The number of fused-ring (bicyclic) bond motifs is 3. The molecule has 8 nitrogen and oxygen atoms in total. The number of aromatic nitrogens is 4. The second-order valence-electron chi connectivity index (χ2n) is 7.32. The molecule has 0 bridgehead atoms. The van der Waals surface area contributed by atoms with Gasteiger partial charge in [-0.25, -0.2) is 9.48 Å². The summed E-state index contributed by atoms with van der Waals surface area (Å²) in [7, 11) is 1.66. The zero-order valence-electron chi connectivity index (χ0n) is 15.3. The van der Waals surface area contributed by atoms with Crippen LogP contribution in [0.2, 0.25) is 0 Å². The standard InChI is InChI=1S/C20H19N5O3/c1-24-18(21-22-23-24)20(27)11-25(12-20)19(26)28-10-17-15-8-4-2-6-13(15)14-7-3-5-9-16(14)17/h2-9,17,27H,10-12H2,1H3. The van der Waals surface area contributed by atoms with Gasteiger partial charge in [-0.15, -0.1) is 5.10 Å². The number of rotatable bonds is 3. The number of ether oxygens (including phenoxy) is 1. The Morgan fingerprint density at radius 3 is 2.32 bits per heavy atom. The second-order valence-corrected chi connectivity index (χ2v) is 7.32. The van der Waals surface area contributed by atoms with Gasteiger partial charge >= 0.3 is 6.09 Å². The van der Waals surface area contributed by atoms with Crippen LogP contribution in [-0.4, -0.2) is 56.0 Å². The molecular weight excluding hydrogens is 358 g/mol. The fourth-order valence-electron chi connectivity index (χ4n) is 4.16. The van der Waals surface area contributed by atoms with Crippen LogP contribution in [0.3, 0.4) is 0 Å². The molecule has 1 saturated heterocycles. The summed E-state index contributed by atoms with van der Waals surface area (Å²) in [6.45, 7) is 0.475. The fourth-order valence-corrected chi connectivity index (χ4v) is 4.16. The first-order valence-electron chi connectivity index (χ1n) is 9.12. The number of tetrazole rings is 1. The third kappa shape index (κ3) is 2.49. The first kappa shape index (κ1) is 16.9. The Kier molecular flexibility index (Phi) is 3.70. The SMILES string of the molecule is Cn1nnnc1C1(O)CN(C(=O)OCC2c3ccccc3-c3ccccc32)C1. The predicted octanol–water partition coefficient (Wildman–Crippen LogP) is 1.66. The third-order valence-corrected chi connectivity index (χ3v) is 5.54. The van der Waals surface area contributed by atoms with E-state index in [-0.39, 0.29) is 25.6 Å². The Labute approximate surface area is 161 Å². The molecule has 1 aliphatic carbocycles. The van der Waals surface area contributed by atoms with Gasteiger partial charge in [0.15, 0.2) is 11.4 Å². The summed E-state index contributed by atoms with van der Waals surface area (Å²) in [6, 6.07) is 16.4. The van der Waals surface area contributed by atoms with Crippen molar-refractivity contribution in [3.8, 4) is 11.1 Å². The summed E-state index contributed by atoms with van der Waals surface area (Å²) in [5.74, 6) is 0.356. The minimum Gasteiger partial charge on any atom is -0.448 e. The zero-order valence-corrected chi connectivity index (χ0v) is 15.3. The summed E-state index contributed by atoms with van der Waals surface area (Å²) >= 11 is 0. The van der Waals surface area contributed by atoms with Crippen molar-refractivity contribution in [3.05, 3.63) is 65.5 Å². The quantitative estimate of drug-likeness (QED) is 0.746. The van der Waals surface area contributed by atoms with Crippen molar-refractivity contribution in [2.24, 2.45) is 7.05 Å². The number of carbonyl (C=O) groups is 1. The van der Waals surface area contributed by atoms with Crippen molar-refractivity contribution in [3.63, 3.8) is 0 Å². The summed E-state index contributed by atoms with van der Waals surface area (Å²) in [5, 5.41) is 21.7. The normalized spacial score (nSPS) is 17.0. The van der Waals surface area contributed by atoms with Gasteiger partial charge in [0.2, 0.25) is 0 Å². The number of aliphatic hydroxyl groups is 1. The molecule has 28 heavy (non-hydrogen) atoms. The van der Waals surface area contributed by atoms with Crippen LogP contribution in [-0.2, 0) is 17.4 Å². The predicted molar refractivity (Wildman–Crippen MR) is 99.3 cm³/mol. The molecule has 0 radical (unpaired) electrons. The van der Waals surface area contributed by atoms with Crippen LogP contribution in [0.4, 0.5) is 4.79 Å². The summed E-state index contributed by atoms with van der Waals surface area (Å²) in [4.78, 5) is 13.9. The van der Waals surface area contributed by atoms with Gasteiger partial charge in [-0.2, -0.15) is 0 Å². The number of likely N-dealkylation sites (tertiary alicyclic amines) is 1.